The Bertz CT molecular complexity index is 1220. The number of hydrazone groups is 1. The van der Waals surface area contributed by atoms with Crippen LogP contribution in [-0.2, 0) is 0 Å². The molecule has 0 bridgehead atoms. The van der Waals surface area contributed by atoms with Crippen LogP contribution in [0.3, 0.4) is 0 Å². The highest BCUT2D eigenvalue weighted by Gasteiger charge is 2.12. The lowest BCUT2D eigenvalue weighted by atomic mass is 10.1. The van der Waals surface area contributed by atoms with E-state index in [4.69, 9.17) is 0 Å². The van der Waals surface area contributed by atoms with Crippen molar-refractivity contribution in [2.24, 2.45) is 5.10 Å². The smallest absolute Gasteiger partial charge is 0.275 e. The molecule has 29 heavy (non-hydrogen) atoms. The maximum atomic E-state index is 12.5. The molecule has 0 saturated heterocycles. The number of hydrogen-bond donors (Lipinski definition) is 2. The summed E-state index contributed by atoms with van der Waals surface area (Å²) in [6.45, 7) is 4.04. The van der Waals surface area contributed by atoms with Crippen molar-refractivity contribution in [1.82, 2.24) is 9.99 Å². The number of aryl methyl sites for hydroxylation is 1. The van der Waals surface area contributed by atoms with Crippen LogP contribution >= 0.6 is 0 Å². The number of phenols is 1. The summed E-state index contributed by atoms with van der Waals surface area (Å²) in [5.41, 5.74) is 6.79. The van der Waals surface area contributed by atoms with Gasteiger partial charge in [0, 0.05) is 22.6 Å². The lowest BCUT2D eigenvalue weighted by molar-refractivity contribution is 0.0952. The van der Waals surface area contributed by atoms with Crippen molar-refractivity contribution in [2.75, 3.05) is 0 Å². The number of carbonyl (C=O) groups excluding carboxylic acids is 1. The number of rotatable bonds is 4. The molecule has 2 N–H and O–H groups in total. The highest BCUT2D eigenvalue weighted by Crippen LogP contribution is 2.25. The molecule has 3 aromatic carbocycles. The molecule has 4 aromatic rings. The average molecular weight is 383 g/mol. The lowest BCUT2D eigenvalue weighted by Crippen LogP contribution is -2.17. The molecule has 0 aliphatic carbocycles. The van der Waals surface area contributed by atoms with Crippen LogP contribution in [-0.4, -0.2) is 21.8 Å². The van der Waals surface area contributed by atoms with Gasteiger partial charge < -0.3 is 9.67 Å². The van der Waals surface area contributed by atoms with Gasteiger partial charge in [-0.05, 0) is 55.0 Å². The van der Waals surface area contributed by atoms with Crippen LogP contribution in [0.15, 0.2) is 77.9 Å². The van der Waals surface area contributed by atoms with E-state index in [0.29, 0.717) is 0 Å². The van der Waals surface area contributed by atoms with Crippen LogP contribution in [0.5, 0.6) is 5.75 Å². The van der Waals surface area contributed by atoms with E-state index in [-0.39, 0.29) is 11.3 Å². The topological polar surface area (TPSA) is 66.6 Å². The zero-order valence-electron chi connectivity index (χ0n) is 16.3. The molecular weight excluding hydrogens is 362 g/mol. The van der Waals surface area contributed by atoms with Crippen LogP contribution in [0.4, 0.5) is 0 Å². The fourth-order valence-electron chi connectivity index (χ4n) is 3.52. The molecule has 1 aromatic heterocycles. The molecule has 144 valence electrons. The summed E-state index contributed by atoms with van der Waals surface area (Å²) < 4.78 is 2.14. The standard InChI is InChI=1S/C24H21N3O2/c1-16-12-20(17(2)27(16)21-10-4-3-5-11-21)15-25-26-24(29)22-13-18-8-6-7-9-19(18)14-23(22)28/h3-15,28H,1-2H3,(H,26,29)/b25-15-. The van der Waals surface area contributed by atoms with Gasteiger partial charge in [-0.1, -0.05) is 42.5 Å². The second-order valence-corrected chi connectivity index (χ2v) is 6.91. The summed E-state index contributed by atoms with van der Waals surface area (Å²) in [5, 5.41) is 16.0. The Labute approximate surface area is 168 Å². The summed E-state index contributed by atoms with van der Waals surface area (Å²) in [6, 6.07) is 22.9. The number of phenolic OH excluding ortho intramolecular Hbond substituents is 1. The quantitative estimate of drug-likeness (QED) is 0.396. The van der Waals surface area contributed by atoms with Crippen LogP contribution < -0.4 is 5.43 Å². The number of aromatic nitrogens is 1. The third kappa shape index (κ3) is 3.62. The lowest BCUT2D eigenvalue weighted by Gasteiger charge is -2.09. The number of nitrogens with zero attached hydrogens (tertiary/aromatic N) is 2. The number of amides is 1. The van der Waals surface area contributed by atoms with Crippen molar-refractivity contribution >= 4 is 22.9 Å². The van der Waals surface area contributed by atoms with E-state index < -0.39 is 5.91 Å². The number of nitrogens with one attached hydrogen (secondary N) is 1. The van der Waals surface area contributed by atoms with Gasteiger partial charge >= 0.3 is 0 Å². The molecule has 0 atom stereocenters. The van der Waals surface area contributed by atoms with Crippen LogP contribution in [0.1, 0.15) is 27.3 Å². The summed E-state index contributed by atoms with van der Waals surface area (Å²) in [6.07, 6.45) is 1.62. The predicted octanol–water partition coefficient (Wildman–Crippen LogP) is 4.72. The number of hydrogen-bond acceptors (Lipinski definition) is 3. The van der Waals surface area contributed by atoms with Gasteiger partial charge in [-0.25, -0.2) is 5.43 Å². The molecule has 5 heteroatoms. The van der Waals surface area contributed by atoms with E-state index in [0.717, 1.165) is 33.4 Å². The third-order valence-electron chi connectivity index (χ3n) is 4.96. The number of fused-ring (bicyclic) bond motifs is 1. The van der Waals surface area contributed by atoms with Gasteiger partial charge in [-0.2, -0.15) is 5.10 Å². The van der Waals surface area contributed by atoms with E-state index in [1.54, 1.807) is 18.3 Å². The summed E-state index contributed by atoms with van der Waals surface area (Å²) in [7, 11) is 0. The number of para-hydroxylation sites is 1. The molecule has 0 aliphatic rings. The van der Waals surface area contributed by atoms with Crippen molar-refractivity contribution in [3.8, 4) is 11.4 Å². The SMILES string of the molecule is Cc1cc(/C=N\NC(=O)c2cc3ccccc3cc2O)c(C)n1-c1ccccc1. The van der Waals surface area contributed by atoms with Crippen molar-refractivity contribution < 1.29 is 9.90 Å². The second kappa shape index (κ2) is 7.64. The minimum Gasteiger partial charge on any atom is -0.507 e. The highest BCUT2D eigenvalue weighted by atomic mass is 16.3. The number of benzene rings is 3. The summed E-state index contributed by atoms with van der Waals surface area (Å²) in [4.78, 5) is 12.5. The molecule has 0 aliphatic heterocycles. The minimum absolute atomic E-state index is 0.0707. The van der Waals surface area contributed by atoms with Gasteiger partial charge in [0.15, 0.2) is 0 Å². The molecule has 1 amide bonds. The minimum atomic E-state index is -0.457. The predicted molar refractivity (Wildman–Crippen MR) is 116 cm³/mol. The number of aromatic hydroxyl groups is 1. The van der Waals surface area contributed by atoms with Crippen LogP contribution in [0.2, 0.25) is 0 Å². The second-order valence-electron chi connectivity index (χ2n) is 6.91. The molecule has 0 fully saturated rings. The van der Waals surface area contributed by atoms with E-state index >= 15 is 0 Å². The fourth-order valence-corrected chi connectivity index (χ4v) is 3.52. The molecule has 0 spiro atoms. The summed E-state index contributed by atoms with van der Waals surface area (Å²) >= 11 is 0. The van der Waals surface area contributed by atoms with E-state index in [2.05, 4.69) is 15.1 Å². The largest absolute Gasteiger partial charge is 0.507 e. The molecular formula is C24H21N3O2. The first-order valence-corrected chi connectivity index (χ1v) is 9.34. The zero-order valence-corrected chi connectivity index (χ0v) is 16.3. The molecule has 4 rings (SSSR count). The molecule has 5 nitrogen and oxygen atoms in total. The van der Waals surface area contributed by atoms with Crippen molar-refractivity contribution in [3.63, 3.8) is 0 Å². The van der Waals surface area contributed by atoms with Gasteiger partial charge in [-0.15, -0.1) is 0 Å². The van der Waals surface area contributed by atoms with Crippen molar-refractivity contribution in [1.29, 1.82) is 0 Å². The van der Waals surface area contributed by atoms with Gasteiger partial charge in [0.1, 0.15) is 5.75 Å². The van der Waals surface area contributed by atoms with Crippen molar-refractivity contribution in [3.05, 3.63) is 95.3 Å². The van der Waals surface area contributed by atoms with E-state index in [1.807, 2.05) is 74.5 Å². The maximum Gasteiger partial charge on any atom is 0.275 e. The molecule has 0 unspecified atom stereocenters. The van der Waals surface area contributed by atoms with E-state index in [1.165, 1.54) is 0 Å². The monoisotopic (exact) mass is 383 g/mol. The Morgan fingerprint density at radius 2 is 1.62 bits per heavy atom. The Kier molecular flexibility index (Phi) is 4.87. The van der Waals surface area contributed by atoms with Crippen LogP contribution in [0, 0.1) is 13.8 Å². The normalized spacial score (nSPS) is 11.2. The third-order valence-corrected chi connectivity index (χ3v) is 4.96. The van der Waals surface area contributed by atoms with Gasteiger partial charge in [0.05, 0.1) is 11.8 Å². The van der Waals surface area contributed by atoms with E-state index in [9.17, 15) is 9.90 Å². The molecule has 0 saturated carbocycles. The van der Waals surface area contributed by atoms with Gasteiger partial charge in [0.25, 0.3) is 5.91 Å². The summed E-state index contributed by atoms with van der Waals surface area (Å²) in [5.74, 6) is -0.528. The number of carbonyl (C=O) groups is 1. The maximum absolute atomic E-state index is 12.5. The first-order valence-electron chi connectivity index (χ1n) is 9.34. The van der Waals surface area contributed by atoms with Gasteiger partial charge in [0.2, 0.25) is 0 Å². The van der Waals surface area contributed by atoms with Crippen LogP contribution in [0.25, 0.3) is 16.5 Å². The Balaban J connectivity index is 1.55. The van der Waals surface area contributed by atoms with Gasteiger partial charge in [-0.3, -0.25) is 4.79 Å². The first kappa shape index (κ1) is 18.5. The zero-order chi connectivity index (χ0) is 20.4. The van der Waals surface area contributed by atoms with Crippen molar-refractivity contribution in [2.45, 2.75) is 13.8 Å². The first-order chi connectivity index (χ1) is 14.0. The molecule has 0 radical (unpaired) electrons. The highest BCUT2D eigenvalue weighted by molar-refractivity contribution is 6.01. The Hall–Kier alpha value is -3.86. The Morgan fingerprint density at radius 3 is 2.34 bits per heavy atom. The fraction of sp³-hybridized carbons (Fsp3) is 0.0833. The molecule has 1 heterocycles. The average Bonchev–Trinajstić information content (AvgIpc) is 3.01. The Morgan fingerprint density at radius 1 is 0.966 bits per heavy atom.